The summed E-state index contributed by atoms with van der Waals surface area (Å²) < 4.78 is 7.51. The first-order chi connectivity index (χ1) is 16.2. The highest BCUT2D eigenvalue weighted by atomic mass is 28.4. The van der Waals surface area contributed by atoms with Gasteiger partial charge in [0.05, 0.1) is 0 Å². The number of carbonyl (C=O) groups is 1. The molecule has 2 rings (SSSR count). The molecule has 0 saturated carbocycles. The highest BCUT2D eigenvalue weighted by Gasteiger charge is 2.36. The number of hydrogen-bond donors (Lipinski definition) is 2. The van der Waals surface area contributed by atoms with Crippen LogP contribution in [0.15, 0.2) is 42.5 Å². The van der Waals surface area contributed by atoms with E-state index in [9.17, 15) is 15.0 Å². The average molecular weight is 490 g/mol. The van der Waals surface area contributed by atoms with E-state index in [0.29, 0.717) is 18.3 Å². The molecule has 0 spiro atoms. The lowest BCUT2D eigenvalue weighted by Crippen LogP contribution is -2.41. The summed E-state index contributed by atoms with van der Waals surface area (Å²) in [5, 5.41) is 19.3. The van der Waals surface area contributed by atoms with E-state index >= 15 is 0 Å². The Morgan fingerprint density at radius 2 is 1.50 bits per heavy atom. The summed E-state index contributed by atoms with van der Waals surface area (Å²) in [6.45, 7) is 9.90. The van der Waals surface area contributed by atoms with Crippen molar-refractivity contribution in [1.82, 2.24) is 4.73 Å². The van der Waals surface area contributed by atoms with Gasteiger partial charge >= 0.3 is 5.97 Å². The first-order valence-corrected chi connectivity index (χ1v) is 15.2. The Balaban J connectivity index is 1.84. The molecule has 0 unspecified atom stereocenters. The third-order valence-electron chi connectivity index (χ3n) is 5.93. The molecule has 0 amide bonds. The fraction of sp³-hybridized carbons (Fsp3) is 0.593. The van der Waals surface area contributed by atoms with Crippen molar-refractivity contribution in [3.8, 4) is 11.8 Å². The van der Waals surface area contributed by atoms with Gasteiger partial charge in [0.15, 0.2) is 8.32 Å². The predicted octanol–water partition coefficient (Wildman–Crippen LogP) is 6.32. The molecule has 0 aliphatic carbocycles. The topological polar surface area (TPSA) is 80.9 Å². The van der Waals surface area contributed by atoms with Gasteiger partial charge in [0.2, 0.25) is 11.8 Å². The van der Waals surface area contributed by atoms with Crippen LogP contribution >= 0.6 is 0 Å². The summed E-state index contributed by atoms with van der Waals surface area (Å²) >= 11 is 0. The van der Waals surface area contributed by atoms with E-state index in [2.05, 4.69) is 58.0 Å². The maximum atomic E-state index is 12.2. The number of carbonyl (C=O) groups excluding carboxylic acids is 1. The van der Waals surface area contributed by atoms with Gasteiger partial charge in [-0.05, 0) is 61.2 Å². The Morgan fingerprint density at radius 3 is 2.09 bits per heavy atom. The van der Waals surface area contributed by atoms with Crippen LogP contribution in [0.25, 0.3) is 0 Å². The van der Waals surface area contributed by atoms with Gasteiger partial charge in [-0.15, -0.1) is 4.73 Å². The molecule has 0 bridgehead atoms. The Kier molecular flexibility index (Phi) is 11.7. The molecule has 7 heteroatoms. The summed E-state index contributed by atoms with van der Waals surface area (Å²) in [6.07, 6.45) is 5.13. The number of hydrogen-bond acceptors (Lipinski definition) is 5. The zero-order valence-corrected chi connectivity index (χ0v) is 22.3. The third kappa shape index (κ3) is 9.93. The molecule has 0 atom stereocenters. The van der Waals surface area contributed by atoms with E-state index < -0.39 is 14.3 Å². The molecule has 0 fully saturated rings. The first-order valence-electron chi connectivity index (χ1n) is 12.7. The van der Waals surface area contributed by atoms with Crippen molar-refractivity contribution in [1.29, 1.82) is 0 Å². The van der Waals surface area contributed by atoms with Crippen LogP contribution in [0.3, 0.4) is 0 Å². The van der Waals surface area contributed by atoms with Crippen LogP contribution < -0.4 is 4.84 Å². The van der Waals surface area contributed by atoms with Crippen molar-refractivity contribution < 1.29 is 24.3 Å². The quantitative estimate of drug-likeness (QED) is 0.213. The molecule has 6 nitrogen and oxygen atoms in total. The Labute approximate surface area is 206 Å². The SMILES string of the molecule is CC(C)C[Si](CCCCC(=O)On1c(O)ccc1O)(CC(C)C)OCCCCc1ccccc1. The van der Waals surface area contributed by atoms with E-state index in [1.807, 2.05) is 0 Å². The minimum absolute atomic E-state index is 0.238. The largest absolute Gasteiger partial charge is 0.492 e. The van der Waals surface area contributed by atoms with E-state index in [-0.39, 0.29) is 18.2 Å². The summed E-state index contributed by atoms with van der Waals surface area (Å²) in [7, 11) is -1.94. The number of aromatic nitrogens is 1. The summed E-state index contributed by atoms with van der Waals surface area (Å²) in [6, 6.07) is 16.5. The maximum absolute atomic E-state index is 12.2. The number of nitrogens with zero attached hydrogens (tertiary/aromatic N) is 1. The lowest BCUT2D eigenvalue weighted by atomic mass is 10.1. The lowest BCUT2D eigenvalue weighted by molar-refractivity contribution is -0.145. The zero-order chi connectivity index (χ0) is 25.0. The van der Waals surface area contributed by atoms with Crippen molar-refractivity contribution in [2.24, 2.45) is 11.8 Å². The van der Waals surface area contributed by atoms with Crippen LogP contribution in [-0.2, 0) is 15.6 Å². The van der Waals surface area contributed by atoms with Crippen LogP contribution in [0, 0.1) is 11.8 Å². The second kappa shape index (κ2) is 14.2. The highest BCUT2D eigenvalue weighted by Crippen LogP contribution is 2.32. The Morgan fingerprint density at radius 1 is 0.882 bits per heavy atom. The first kappa shape index (κ1) is 28.0. The Bertz CT molecular complexity index is 820. The Hall–Kier alpha value is -2.25. The van der Waals surface area contributed by atoms with E-state index in [1.54, 1.807) is 0 Å². The number of benzene rings is 1. The third-order valence-corrected chi connectivity index (χ3v) is 11.1. The van der Waals surface area contributed by atoms with Gasteiger partial charge in [-0.25, -0.2) is 4.79 Å². The molecular formula is C27H43NO5Si. The van der Waals surface area contributed by atoms with Crippen molar-refractivity contribution in [3.63, 3.8) is 0 Å². The van der Waals surface area contributed by atoms with Gasteiger partial charge in [-0.1, -0.05) is 64.4 Å². The standard InChI is InChI=1S/C27H43NO5Si/c1-22(2)20-34(21-23(3)4,32-18-10-8-14-24-12-6-5-7-13-24)19-11-9-15-27(31)33-28-25(29)16-17-26(28)30/h5-7,12-13,16-17,22-23,29-30H,8-11,14-15,18-21H2,1-4H3. The van der Waals surface area contributed by atoms with E-state index in [4.69, 9.17) is 9.26 Å². The summed E-state index contributed by atoms with van der Waals surface area (Å²) in [5.74, 6) is 0.0982. The summed E-state index contributed by atoms with van der Waals surface area (Å²) in [4.78, 5) is 17.2. The van der Waals surface area contributed by atoms with Crippen molar-refractivity contribution >= 4 is 14.3 Å². The van der Waals surface area contributed by atoms with Crippen molar-refractivity contribution in [2.75, 3.05) is 6.61 Å². The van der Waals surface area contributed by atoms with Crippen LogP contribution in [0.1, 0.15) is 65.4 Å². The lowest BCUT2D eigenvalue weighted by Gasteiger charge is -2.35. The molecule has 0 saturated heterocycles. The fourth-order valence-corrected chi connectivity index (χ4v) is 10.1. The van der Waals surface area contributed by atoms with Gasteiger partial charge in [0, 0.05) is 25.2 Å². The molecule has 0 aliphatic rings. The average Bonchev–Trinajstić information content (AvgIpc) is 3.08. The van der Waals surface area contributed by atoms with Gasteiger partial charge in [-0.3, -0.25) is 0 Å². The van der Waals surface area contributed by atoms with Gasteiger partial charge in [-0.2, -0.15) is 0 Å². The molecule has 1 heterocycles. The molecule has 1 aromatic heterocycles. The summed E-state index contributed by atoms with van der Waals surface area (Å²) in [5.41, 5.74) is 1.38. The minimum Gasteiger partial charge on any atom is -0.492 e. The van der Waals surface area contributed by atoms with Gasteiger partial charge < -0.3 is 19.5 Å². The molecule has 0 radical (unpaired) electrons. The van der Waals surface area contributed by atoms with Crippen LogP contribution in [0.5, 0.6) is 11.8 Å². The van der Waals surface area contributed by atoms with Crippen LogP contribution in [0.4, 0.5) is 0 Å². The van der Waals surface area contributed by atoms with E-state index in [0.717, 1.165) is 55.2 Å². The molecule has 0 aliphatic heterocycles. The van der Waals surface area contributed by atoms with Crippen LogP contribution in [0.2, 0.25) is 18.1 Å². The van der Waals surface area contributed by atoms with Gasteiger partial charge in [0.1, 0.15) is 0 Å². The second-order valence-corrected chi connectivity index (χ2v) is 14.2. The molecular weight excluding hydrogens is 446 g/mol. The second-order valence-electron chi connectivity index (χ2n) is 10.2. The minimum atomic E-state index is -1.94. The van der Waals surface area contributed by atoms with Crippen LogP contribution in [-0.4, -0.2) is 35.8 Å². The molecule has 190 valence electrons. The number of aromatic hydroxyl groups is 2. The van der Waals surface area contributed by atoms with Crippen molar-refractivity contribution in [2.45, 2.75) is 84.4 Å². The molecule has 1 aromatic carbocycles. The van der Waals surface area contributed by atoms with Crippen molar-refractivity contribution in [3.05, 3.63) is 48.0 Å². The molecule has 2 aromatic rings. The highest BCUT2D eigenvalue weighted by molar-refractivity contribution is 6.73. The van der Waals surface area contributed by atoms with E-state index in [1.165, 1.54) is 17.7 Å². The number of aryl methyl sites for hydroxylation is 1. The molecule has 2 N–H and O–H groups in total. The monoisotopic (exact) mass is 489 g/mol. The number of unbranched alkanes of at least 4 members (excludes halogenated alkanes) is 2. The molecule has 34 heavy (non-hydrogen) atoms. The fourth-order valence-electron chi connectivity index (χ4n) is 4.69. The predicted molar refractivity (Wildman–Crippen MR) is 138 cm³/mol. The maximum Gasteiger partial charge on any atom is 0.333 e. The zero-order valence-electron chi connectivity index (χ0n) is 21.3. The smallest absolute Gasteiger partial charge is 0.333 e. The van der Waals surface area contributed by atoms with Gasteiger partial charge in [0.25, 0.3) is 0 Å². The normalized spacial score (nSPS) is 11.9. The number of rotatable bonds is 16.